The Balaban J connectivity index is 2.60. The molecular weight excluding hydrogens is 258 g/mol. The van der Waals surface area contributed by atoms with Crippen molar-refractivity contribution in [2.75, 3.05) is 0 Å². The summed E-state index contributed by atoms with van der Waals surface area (Å²) >= 11 is 6.00. The van der Waals surface area contributed by atoms with Crippen molar-refractivity contribution in [3.05, 3.63) is 40.8 Å². The molecule has 2 heterocycles. The van der Waals surface area contributed by atoms with Gasteiger partial charge in [-0.3, -0.25) is 0 Å². The molecule has 0 aromatic carbocycles. The predicted molar refractivity (Wildman–Crippen MR) is 79.1 cm³/mol. The molecule has 19 heavy (non-hydrogen) atoms. The molecule has 0 unspecified atom stereocenters. The number of hydrogen-bond acceptors (Lipinski definition) is 2. The maximum atomic E-state index is 6.00. The van der Waals surface area contributed by atoms with Crippen LogP contribution in [0.4, 0.5) is 0 Å². The molecule has 0 fully saturated rings. The monoisotopic (exact) mass is 277 g/mol. The van der Waals surface area contributed by atoms with Crippen LogP contribution in [0.25, 0.3) is 5.82 Å². The van der Waals surface area contributed by atoms with Gasteiger partial charge < -0.3 is 0 Å². The quantitative estimate of drug-likeness (QED) is 0.779. The molecule has 0 saturated heterocycles. The average Bonchev–Trinajstić information content (AvgIpc) is 2.66. The highest BCUT2D eigenvalue weighted by atomic mass is 35.5. The number of hydrogen-bond donors (Lipinski definition) is 0. The molecule has 0 saturated carbocycles. The summed E-state index contributed by atoms with van der Waals surface area (Å²) in [6, 6.07) is 6.12. The summed E-state index contributed by atoms with van der Waals surface area (Å²) in [4.78, 5) is 4.74. The molecule has 0 N–H and O–H groups in total. The number of rotatable bonds is 2. The third-order valence-electron chi connectivity index (χ3n) is 3.02. The minimum atomic E-state index is -0.00702. The Morgan fingerprint density at radius 2 is 1.84 bits per heavy atom. The molecule has 0 aliphatic carbocycles. The third-order valence-corrected chi connectivity index (χ3v) is 3.33. The minimum Gasteiger partial charge on any atom is -0.233 e. The van der Waals surface area contributed by atoms with Crippen molar-refractivity contribution in [3.8, 4) is 5.82 Å². The molecule has 0 aliphatic heterocycles. The molecule has 3 nitrogen and oxygen atoms in total. The summed E-state index contributed by atoms with van der Waals surface area (Å²) in [5.74, 6) is 1.33. The van der Waals surface area contributed by atoms with Crippen LogP contribution in [0.2, 0.25) is 0 Å². The van der Waals surface area contributed by atoms with E-state index in [1.807, 2.05) is 30.7 Å². The molecule has 0 aliphatic rings. The molecule has 0 amide bonds. The third kappa shape index (κ3) is 2.98. The van der Waals surface area contributed by atoms with Crippen LogP contribution in [0.5, 0.6) is 0 Å². The zero-order valence-corrected chi connectivity index (χ0v) is 12.9. The van der Waals surface area contributed by atoms with Crippen LogP contribution in [0.15, 0.2) is 18.2 Å². The van der Waals surface area contributed by atoms with Gasteiger partial charge in [0.05, 0.1) is 5.69 Å². The smallest absolute Gasteiger partial charge is 0.154 e. The van der Waals surface area contributed by atoms with E-state index in [1.54, 1.807) is 0 Å². The first kappa shape index (κ1) is 14.1. The number of alkyl halides is 1. The lowest BCUT2D eigenvalue weighted by atomic mass is 9.91. The zero-order chi connectivity index (χ0) is 14.2. The molecule has 2 aromatic rings. The van der Waals surface area contributed by atoms with Crippen molar-refractivity contribution in [2.24, 2.45) is 0 Å². The molecule has 2 aromatic heterocycles. The second-order valence-corrected chi connectivity index (χ2v) is 6.21. The first-order valence-corrected chi connectivity index (χ1v) is 6.96. The van der Waals surface area contributed by atoms with Crippen LogP contribution < -0.4 is 0 Å². The summed E-state index contributed by atoms with van der Waals surface area (Å²) < 4.78 is 1.88. The van der Waals surface area contributed by atoms with Gasteiger partial charge in [-0.05, 0) is 37.6 Å². The largest absolute Gasteiger partial charge is 0.233 e. The Hall–Kier alpha value is -1.35. The van der Waals surface area contributed by atoms with E-state index in [-0.39, 0.29) is 5.41 Å². The molecule has 0 radical (unpaired) electrons. The lowest BCUT2D eigenvalue weighted by Crippen LogP contribution is -2.16. The van der Waals surface area contributed by atoms with Crippen molar-refractivity contribution in [2.45, 2.75) is 45.9 Å². The normalized spacial score (nSPS) is 11.9. The fraction of sp³-hybridized carbons (Fsp3) is 0.467. The van der Waals surface area contributed by atoms with Crippen LogP contribution in [-0.2, 0) is 11.3 Å². The minimum absolute atomic E-state index is 0.00702. The Morgan fingerprint density at radius 3 is 2.32 bits per heavy atom. The fourth-order valence-electron chi connectivity index (χ4n) is 2.00. The van der Waals surface area contributed by atoms with Gasteiger partial charge in [0.25, 0.3) is 0 Å². The van der Waals surface area contributed by atoms with Gasteiger partial charge in [0.2, 0.25) is 0 Å². The average molecular weight is 278 g/mol. The summed E-state index contributed by atoms with van der Waals surface area (Å²) in [7, 11) is 0. The van der Waals surface area contributed by atoms with E-state index in [2.05, 4.69) is 31.9 Å². The first-order chi connectivity index (χ1) is 8.81. The summed E-state index contributed by atoms with van der Waals surface area (Å²) in [5, 5.41) is 4.49. The van der Waals surface area contributed by atoms with Crippen molar-refractivity contribution in [3.63, 3.8) is 0 Å². The topological polar surface area (TPSA) is 30.7 Å². The Labute approximate surface area is 119 Å². The Kier molecular flexibility index (Phi) is 3.68. The van der Waals surface area contributed by atoms with E-state index in [1.165, 1.54) is 0 Å². The molecular formula is C15H20ClN3. The summed E-state index contributed by atoms with van der Waals surface area (Å²) in [6.45, 7) is 10.5. The van der Waals surface area contributed by atoms with Crippen molar-refractivity contribution in [1.82, 2.24) is 14.8 Å². The van der Waals surface area contributed by atoms with E-state index < -0.39 is 0 Å². The predicted octanol–water partition coefficient (Wildman–Crippen LogP) is 3.92. The second-order valence-electron chi connectivity index (χ2n) is 5.94. The fourth-order valence-corrected chi connectivity index (χ4v) is 2.16. The highest BCUT2D eigenvalue weighted by molar-refractivity contribution is 6.17. The van der Waals surface area contributed by atoms with Crippen LogP contribution in [0.1, 0.15) is 43.4 Å². The van der Waals surface area contributed by atoms with Gasteiger partial charge in [-0.25, -0.2) is 9.67 Å². The Bertz CT molecular complexity index is 594. The van der Waals surface area contributed by atoms with Gasteiger partial charge >= 0.3 is 0 Å². The van der Waals surface area contributed by atoms with Gasteiger partial charge in [-0.2, -0.15) is 5.10 Å². The highest BCUT2D eigenvalue weighted by Gasteiger charge is 2.18. The maximum Gasteiger partial charge on any atom is 0.154 e. The van der Waals surface area contributed by atoms with E-state index in [0.29, 0.717) is 5.88 Å². The lowest BCUT2D eigenvalue weighted by Gasteiger charge is -2.19. The first-order valence-electron chi connectivity index (χ1n) is 6.42. The molecule has 0 bridgehead atoms. The Morgan fingerprint density at radius 1 is 1.16 bits per heavy atom. The molecule has 102 valence electrons. The number of halogens is 1. The van der Waals surface area contributed by atoms with Gasteiger partial charge in [-0.1, -0.05) is 20.8 Å². The van der Waals surface area contributed by atoms with E-state index in [0.717, 1.165) is 28.5 Å². The molecule has 4 heteroatoms. The van der Waals surface area contributed by atoms with Crippen LogP contribution in [0.3, 0.4) is 0 Å². The number of pyridine rings is 1. The number of aromatic nitrogens is 3. The van der Waals surface area contributed by atoms with Gasteiger partial charge in [-0.15, -0.1) is 11.6 Å². The number of aryl methyl sites for hydroxylation is 2. The van der Waals surface area contributed by atoms with Gasteiger partial charge in [0.15, 0.2) is 5.82 Å². The van der Waals surface area contributed by atoms with E-state index in [9.17, 15) is 0 Å². The standard InChI is InChI=1S/C15H20ClN3/c1-10-6-11(2)19(18-10)14-8-12(9-16)7-13(17-14)15(3,4)5/h6-8H,9H2,1-5H3. The van der Waals surface area contributed by atoms with Crippen molar-refractivity contribution >= 4 is 11.6 Å². The second kappa shape index (κ2) is 4.97. The lowest BCUT2D eigenvalue weighted by molar-refractivity contribution is 0.564. The maximum absolute atomic E-state index is 6.00. The van der Waals surface area contributed by atoms with Crippen molar-refractivity contribution < 1.29 is 0 Å². The van der Waals surface area contributed by atoms with Crippen LogP contribution in [0, 0.1) is 13.8 Å². The molecule has 2 rings (SSSR count). The summed E-state index contributed by atoms with van der Waals surface area (Å²) in [6.07, 6.45) is 0. The van der Waals surface area contributed by atoms with Gasteiger partial charge in [0.1, 0.15) is 0 Å². The molecule has 0 spiro atoms. The van der Waals surface area contributed by atoms with Crippen LogP contribution in [-0.4, -0.2) is 14.8 Å². The highest BCUT2D eigenvalue weighted by Crippen LogP contribution is 2.24. The van der Waals surface area contributed by atoms with E-state index >= 15 is 0 Å². The van der Waals surface area contributed by atoms with Crippen LogP contribution >= 0.6 is 11.6 Å². The zero-order valence-electron chi connectivity index (χ0n) is 12.2. The SMILES string of the molecule is Cc1cc(C)n(-c2cc(CCl)cc(C(C)(C)C)n2)n1. The van der Waals surface area contributed by atoms with Crippen molar-refractivity contribution in [1.29, 1.82) is 0 Å². The molecule has 0 atom stereocenters. The van der Waals surface area contributed by atoms with E-state index in [4.69, 9.17) is 16.6 Å². The number of nitrogens with zero attached hydrogens (tertiary/aromatic N) is 3. The summed E-state index contributed by atoms with van der Waals surface area (Å²) in [5.41, 5.74) is 4.18. The van der Waals surface area contributed by atoms with Gasteiger partial charge in [0, 0.05) is 22.7 Å².